The van der Waals surface area contributed by atoms with Gasteiger partial charge in [-0.1, -0.05) is 48.2 Å². The Balaban J connectivity index is 1.30. The number of para-hydroxylation sites is 1. The summed E-state index contributed by atoms with van der Waals surface area (Å²) in [4.78, 5) is 13.2. The van der Waals surface area contributed by atoms with Gasteiger partial charge < -0.3 is 14.6 Å². The normalized spacial score (nSPS) is 12.1. The zero-order chi connectivity index (χ0) is 26.6. The standard InChI is InChI=1S/C30H31N5O2S/c1-5-16-35-28(19-37-23-11-9-10-20(3)17-23)32-33-30(35)38-21(4)29(36)31-22-14-15-27-25(18-22)24-12-7-8-13-26(24)34(27)6-2/h5,7-15,17-18,21H,1,6,16,19H2,2-4H3,(H,31,36). The van der Waals surface area contributed by atoms with Crippen LogP contribution in [0.4, 0.5) is 5.69 Å². The Bertz CT molecular complexity index is 1620. The number of carbonyl (C=O) groups excluding carboxylic acids is 1. The van der Waals surface area contributed by atoms with E-state index in [0.29, 0.717) is 17.5 Å². The van der Waals surface area contributed by atoms with Gasteiger partial charge in [0.25, 0.3) is 0 Å². The number of allylic oxidation sites excluding steroid dienone is 1. The van der Waals surface area contributed by atoms with Gasteiger partial charge in [-0.3, -0.25) is 9.36 Å². The Morgan fingerprint density at radius 3 is 2.66 bits per heavy atom. The van der Waals surface area contributed by atoms with E-state index in [1.807, 2.05) is 54.8 Å². The van der Waals surface area contributed by atoms with E-state index in [1.165, 1.54) is 22.7 Å². The second-order valence-electron chi connectivity index (χ2n) is 9.15. The Morgan fingerprint density at radius 2 is 1.87 bits per heavy atom. The number of thioether (sulfide) groups is 1. The summed E-state index contributed by atoms with van der Waals surface area (Å²) in [5.74, 6) is 1.36. The van der Waals surface area contributed by atoms with Crippen molar-refractivity contribution < 1.29 is 9.53 Å². The van der Waals surface area contributed by atoms with Crippen molar-refractivity contribution in [3.8, 4) is 5.75 Å². The number of nitrogens with one attached hydrogen (secondary N) is 1. The molecule has 5 aromatic rings. The Kier molecular flexibility index (Phi) is 7.51. The Hall–Kier alpha value is -4.04. The molecule has 0 aliphatic heterocycles. The maximum absolute atomic E-state index is 13.2. The van der Waals surface area contributed by atoms with Gasteiger partial charge in [0.05, 0.1) is 5.25 Å². The van der Waals surface area contributed by atoms with Crippen molar-refractivity contribution in [1.82, 2.24) is 19.3 Å². The van der Waals surface area contributed by atoms with Crippen molar-refractivity contribution in [1.29, 1.82) is 0 Å². The first-order valence-corrected chi connectivity index (χ1v) is 13.6. The first kappa shape index (κ1) is 25.6. The van der Waals surface area contributed by atoms with Gasteiger partial charge in [0, 0.05) is 40.6 Å². The molecule has 7 nitrogen and oxygen atoms in total. The van der Waals surface area contributed by atoms with Gasteiger partial charge in [0.1, 0.15) is 12.4 Å². The zero-order valence-electron chi connectivity index (χ0n) is 21.8. The minimum Gasteiger partial charge on any atom is -0.486 e. The van der Waals surface area contributed by atoms with Gasteiger partial charge in [-0.05, 0) is 62.7 Å². The van der Waals surface area contributed by atoms with E-state index in [9.17, 15) is 4.79 Å². The molecular weight excluding hydrogens is 494 g/mol. The summed E-state index contributed by atoms with van der Waals surface area (Å²) in [7, 11) is 0. The molecule has 3 aromatic carbocycles. The molecule has 0 saturated carbocycles. The number of aromatic nitrogens is 4. The van der Waals surface area contributed by atoms with E-state index >= 15 is 0 Å². The average Bonchev–Trinajstić information content (AvgIpc) is 3.45. The number of hydrogen-bond acceptors (Lipinski definition) is 5. The quantitative estimate of drug-likeness (QED) is 0.164. The maximum atomic E-state index is 13.2. The molecule has 1 amide bonds. The lowest BCUT2D eigenvalue weighted by Crippen LogP contribution is -2.23. The number of nitrogens with zero attached hydrogens (tertiary/aromatic N) is 4. The molecule has 0 aliphatic rings. The van der Waals surface area contributed by atoms with Crippen LogP contribution in [0.2, 0.25) is 0 Å². The molecule has 38 heavy (non-hydrogen) atoms. The van der Waals surface area contributed by atoms with Crippen LogP contribution in [0.25, 0.3) is 21.8 Å². The van der Waals surface area contributed by atoms with Crippen molar-refractivity contribution in [2.24, 2.45) is 0 Å². The predicted octanol–water partition coefficient (Wildman–Crippen LogP) is 6.60. The van der Waals surface area contributed by atoms with Crippen LogP contribution in [0.5, 0.6) is 5.75 Å². The van der Waals surface area contributed by atoms with Gasteiger partial charge in [0.2, 0.25) is 5.91 Å². The molecule has 0 spiro atoms. The first-order chi connectivity index (χ1) is 18.5. The number of hydrogen-bond donors (Lipinski definition) is 1. The monoisotopic (exact) mass is 525 g/mol. The topological polar surface area (TPSA) is 74.0 Å². The molecule has 1 unspecified atom stereocenters. The number of fused-ring (bicyclic) bond motifs is 3. The second kappa shape index (κ2) is 11.1. The van der Waals surface area contributed by atoms with Crippen LogP contribution in [0, 0.1) is 6.92 Å². The first-order valence-electron chi connectivity index (χ1n) is 12.7. The summed E-state index contributed by atoms with van der Waals surface area (Å²) < 4.78 is 10.2. The lowest BCUT2D eigenvalue weighted by molar-refractivity contribution is -0.115. The summed E-state index contributed by atoms with van der Waals surface area (Å²) in [6, 6.07) is 22.3. The zero-order valence-corrected chi connectivity index (χ0v) is 22.7. The number of ether oxygens (including phenoxy) is 1. The van der Waals surface area contributed by atoms with E-state index in [0.717, 1.165) is 34.4 Å². The molecule has 2 heterocycles. The van der Waals surface area contributed by atoms with Crippen LogP contribution in [-0.4, -0.2) is 30.5 Å². The summed E-state index contributed by atoms with van der Waals surface area (Å²) in [6.07, 6.45) is 1.79. The Morgan fingerprint density at radius 1 is 1.05 bits per heavy atom. The van der Waals surface area contributed by atoms with Gasteiger partial charge in [-0.15, -0.1) is 16.8 Å². The lowest BCUT2D eigenvalue weighted by atomic mass is 10.1. The molecule has 0 bridgehead atoms. The predicted molar refractivity (Wildman–Crippen MR) is 155 cm³/mol. The molecule has 0 fully saturated rings. The molecule has 0 saturated heterocycles. The fourth-order valence-electron chi connectivity index (χ4n) is 4.61. The number of carbonyl (C=O) groups is 1. The average molecular weight is 526 g/mol. The third-order valence-electron chi connectivity index (χ3n) is 6.47. The van der Waals surface area contributed by atoms with E-state index in [2.05, 4.69) is 63.9 Å². The van der Waals surface area contributed by atoms with E-state index in [-0.39, 0.29) is 17.8 Å². The van der Waals surface area contributed by atoms with Gasteiger partial charge in [-0.2, -0.15) is 0 Å². The fraction of sp³-hybridized carbons (Fsp3) is 0.233. The molecule has 2 aromatic heterocycles. The summed E-state index contributed by atoms with van der Waals surface area (Å²) in [6.45, 7) is 11.6. The van der Waals surface area contributed by atoms with E-state index in [1.54, 1.807) is 6.08 Å². The van der Waals surface area contributed by atoms with Crippen LogP contribution in [0.3, 0.4) is 0 Å². The molecule has 8 heteroatoms. The molecule has 5 rings (SSSR count). The third-order valence-corrected chi connectivity index (χ3v) is 7.55. The van der Waals surface area contributed by atoms with Crippen molar-refractivity contribution in [3.63, 3.8) is 0 Å². The molecular formula is C30H31N5O2S. The van der Waals surface area contributed by atoms with Gasteiger partial charge in [0.15, 0.2) is 11.0 Å². The molecule has 194 valence electrons. The fourth-order valence-corrected chi connectivity index (χ4v) is 5.48. The second-order valence-corrected chi connectivity index (χ2v) is 10.5. The van der Waals surface area contributed by atoms with Crippen LogP contribution >= 0.6 is 11.8 Å². The summed E-state index contributed by atoms with van der Waals surface area (Å²) in [5.41, 5.74) is 4.25. The summed E-state index contributed by atoms with van der Waals surface area (Å²) in [5, 5.41) is 14.3. The SMILES string of the molecule is C=CCn1c(COc2cccc(C)c2)nnc1SC(C)C(=O)Nc1ccc2c(c1)c1ccccc1n2CC. The Labute approximate surface area is 226 Å². The van der Waals surface area contributed by atoms with Crippen molar-refractivity contribution >= 4 is 45.2 Å². The van der Waals surface area contributed by atoms with Crippen molar-refractivity contribution in [3.05, 3.63) is 90.8 Å². The minimum absolute atomic E-state index is 0.0979. The molecule has 1 atom stereocenters. The van der Waals surface area contributed by atoms with Crippen molar-refractivity contribution in [2.75, 3.05) is 5.32 Å². The number of rotatable bonds is 10. The molecule has 0 aliphatic carbocycles. The number of aryl methyl sites for hydroxylation is 2. The van der Waals surface area contributed by atoms with Crippen molar-refractivity contribution in [2.45, 2.75) is 50.9 Å². The maximum Gasteiger partial charge on any atom is 0.237 e. The molecule has 0 radical (unpaired) electrons. The highest BCUT2D eigenvalue weighted by molar-refractivity contribution is 8.00. The van der Waals surface area contributed by atoms with Gasteiger partial charge >= 0.3 is 0 Å². The highest BCUT2D eigenvalue weighted by Crippen LogP contribution is 2.31. The van der Waals surface area contributed by atoms with Crippen LogP contribution in [-0.2, 0) is 24.5 Å². The minimum atomic E-state index is -0.388. The van der Waals surface area contributed by atoms with Gasteiger partial charge in [-0.25, -0.2) is 0 Å². The number of benzene rings is 3. The summed E-state index contributed by atoms with van der Waals surface area (Å²) >= 11 is 1.37. The van der Waals surface area contributed by atoms with Crippen LogP contribution in [0.15, 0.2) is 84.5 Å². The molecule has 1 N–H and O–H groups in total. The lowest BCUT2D eigenvalue weighted by Gasteiger charge is -2.13. The number of amides is 1. The largest absolute Gasteiger partial charge is 0.486 e. The number of anilines is 1. The smallest absolute Gasteiger partial charge is 0.237 e. The van der Waals surface area contributed by atoms with Crippen LogP contribution < -0.4 is 10.1 Å². The highest BCUT2D eigenvalue weighted by Gasteiger charge is 2.21. The van der Waals surface area contributed by atoms with E-state index < -0.39 is 0 Å². The highest BCUT2D eigenvalue weighted by atomic mass is 32.2. The third kappa shape index (κ3) is 5.17. The van der Waals surface area contributed by atoms with E-state index in [4.69, 9.17) is 4.74 Å². The van der Waals surface area contributed by atoms with Crippen LogP contribution in [0.1, 0.15) is 25.2 Å².